The van der Waals surface area contributed by atoms with E-state index in [2.05, 4.69) is 29.1 Å². The van der Waals surface area contributed by atoms with Crippen molar-refractivity contribution in [2.45, 2.75) is 19.0 Å². The minimum absolute atomic E-state index is 0.458. The molecule has 1 fully saturated rings. The van der Waals surface area contributed by atoms with Crippen LogP contribution in [0, 0.1) is 0 Å². The predicted molar refractivity (Wildman–Crippen MR) is 59.0 cm³/mol. The Morgan fingerprint density at radius 2 is 2.27 bits per heavy atom. The molecule has 5 nitrogen and oxygen atoms in total. The van der Waals surface area contributed by atoms with E-state index < -0.39 is 12.0 Å². The SMILES string of the molecule is CNC(CN1CCN(C)C(C)C1)C(=O)O. The molecule has 1 rings (SSSR count). The van der Waals surface area contributed by atoms with Crippen molar-refractivity contribution in [3.8, 4) is 0 Å². The molecule has 0 spiro atoms. The van der Waals surface area contributed by atoms with Crippen molar-refractivity contribution >= 4 is 5.97 Å². The van der Waals surface area contributed by atoms with E-state index in [1.807, 2.05) is 0 Å². The average Bonchev–Trinajstić information content (AvgIpc) is 2.19. The van der Waals surface area contributed by atoms with Gasteiger partial charge in [0.05, 0.1) is 0 Å². The summed E-state index contributed by atoms with van der Waals surface area (Å²) < 4.78 is 0. The summed E-state index contributed by atoms with van der Waals surface area (Å²) >= 11 is 0. The van der Waals surface area contributed by atoms with Gasteiger partial charge >= 0.3 is 5.97 Å². The number of hydrogen-bond donors (Lipinski definition) is 2. The van der Waals surface area contributed by atoms with E-state index in [-0.39, 0.29) is 0 Å². The predicted octanol–water partition coefficient (Wildman–Crippen LogP) is -0.705. The fourth-order valence-corrected chi connectivity index (χ4v) is 1.84. The van der Waals surface area contributed by atoms with Gasteiger partial charge in [0.15, 0.2) is 0 Å². The highest BCUT2D eigenvalue weighted by Gasteiger charge is 2.24. The van der Waals surface area contributed by atoms with E-state index in [0.717, 1.165) is 19.6 Å². The van der Waals surface area contributed by atoms with E-state index in [1.54, 1.807) is 7.05 Å². The van der Waals surface area contributed by atoms with Gasteiger partial charge in [0, 0.05) is 32.2 Å². The second-order valence-electron chi connectivity index (χ2n) is 4.27. The van der Waals surface area contributed by atoms with Crippen LogP contribution in [0.3, 0.4) is 0 Å². The zero-order valence-corrected chi connectivity index (χ0v) is 9.73. The number of likely N-dealkylation sites (N-methyl/N-ethyl adjacent to an activating group) is 2. The van der Waals surface area contributed by atoms with Crippen LogP contribution >= 0.6 is 0 Å². The van der Waals surface area contributed by atoms with E-state index in [1.165, 1.54) is 0 Å². The minimum atomic E-state index is -0.774. The molecule has 0 aromatic rings. The first-order valence-corrected chi connectivity index (χ1v) is 5.37. The van der Waals surface area contributed by atoms with Crippen LogP contribution in [0.25, 0.3) is 0 Å². The second kappa shape index (κ2) is 5.44. The number of aliphatic carboxylic acids is 1. The maximum Gasteiger partial charge on any atom is 0.322 e. The normalized spacial score (nSPS) is 26.5. The molecule has 0 aromatic heterocycles. The lowest BCUT2D eigenvalue weighted by molar-refractivity contribution is -0.140. The second-order valence-corrected chi connectivity index (χ2v) is 4.27. The number of nitrogens with one attached hydrogen (secondary N) is 1. The molecule has 15 heavy (non-hydrogen) atoms. The first kappa shape index (κ1) is 12.4. The topological polar surface area (TPSA) is 55.8 Å². The smallest absolute Gasteiger partial charge is 0.322 e. The Hall–Kier alpha value is -0.650. The molecular formula is C10H21N3O2. The van der Waals surface area contributed by atoms with Gasteiger partial charge in [-0.05, 0) is 21.0 Å². The highest BCUT2D eigenvalue weighted by molar-refractivity contribution is 5.73. The molecule has 1 aliphatic heterocycles. The van der Waals surface area contributed by atoms with Gasteiger partial charge in [0.2, 0.25) is 0 Å². The Bertz CT molecular complexity index is 223. The highest BCUT2D eigenvalue weighted by atomic mass is 16.4. The van der Waals surface area contributed by atoms with Crippen molar-refractivity contribution in [2.75, 3.05) is 40.3 Å². The Morgan fingerprint density at radius 3 is 2.73 bits per heavy atom. The first-order chi connectivity index (χ1) is 7.04. The molecule has 0 aliphatic carbocycles. The monoisotopic (exact) mass is 215 g/mol. The van der Waals surface area contributed by atoms with Gasteiger partial charge in [0.25, 0.3) is 0 Å². The summed E-state index contributed by atoms with van der Waals surface area (Å²) in [4.78, 5) is 15.4. The van der Waals surface area contributed by atoms with Crippen molar-refractivity contribution in [3.63, 3.8) is 0 Å². The molecular weight excluding hydrogens is 194 g/mol. The highest BCUT2D eigenvalue weighted by Crippen LogP contribution is 2.07. The van der Waals surface area contributed by atoms with Gasteiger partial charge in [-0.15, -0.1) is 0 Å². The van der Waals surface area contributed by atoms with Crippen LogP contribution in [0.4, 0.5) is 0 Å². The van der Waals surface area contributed by atoms with Crippen LogP contribution < -0.4 is 5.32 Å². The number of nitrogens with zero attached hydrogens (tertiary/aromatic N) is 2. The maximum atomic E-state index is 10.9. The van der Waals surface area contributed by atoms with Gasteiger partial charge < -0.3 is 15.3 Å². The molecule has 1 heterocycles. The molecule has 0 saturated carbocycles. The van der Waals surface area contributed by atoms with Gasteiger partial charge in [-0.25, -0.2) is 0 Å². The van der Waals surface area contributed by atoms with Gasteiger partial charge in [-0.3, -0.25) is 9.69 Å². The lowest BCUT2D eigenvalue weighted by Gasteiger charge is -2.38. The maximum absolute atomic E-state index is 10.9. The largest absolute Gasteiger partial charge is 0.480 e. The Kier molecular flexibility index (Phi) is 4.50. The van der Waals surface area contributed by atoms with Crippen LogP contribution in [0.15, 0.2) is 0 Å². The quantitative estimate of drug-likeness (QED) is 0.649. The summed E-state index contributed by atoms with van der Waals surface area (Å²) in [7, 11) is 3.80. The third-order valence-corrected chi connectivity index (χ3v) is 3.13. The molecule has 2 N–H and O–H groups in total. The molecule has 0 amide bonds. The lowest BCUT2D eigenvalue weighted by Crippen LogP contribution is -2.54. The Labute approximate surface area is 91.0 Å². The third kappa shape index (κ3) is 3.44. The fourth-order valence-electron chi connectivity index (χ4n) is 1.84. The van der Waals surface area contributed by atoms with Gasteiger partial charge in [0.1, 0.15) is 6.04 Å². The number of rotatable bonds is 4. The van der Waals surface area contributed by atoms with Crippen LogP contribution in [0.2, 0.25) is 0 Å². The average molecular weight is 215 g/mol. The molecule has 0 aromatic carbocycles. The van der Waals surface area contributed by atoms with Crippen molar-refractivity contribution in [1.82, 2.24) is 15.1 Å². The van der Waals surface area contributed by atoms with Crippen molar-refractivity contribution in [1.29, 1.82) is 0 Å². The fraction of sp³-hybridized carbons (Fsp3) is 0.900. The lowest BCUT2D eigenvalue weighted by atomic mass is 10.2. The summed E-state index contributed by atoms with van der Waals surface area (Å²) in [6, 6.07) is 0.0469. The van der Waals surface area contributed by atoms with Crippen LogP contribution in [-0.2, 0) is 4.79 Å². The van der Waals surface area contributed by atoms with Crippen LogP contribution in [-0.4, -0.2) is 73.2 Å². The van der Waals surface area contributed by atoms with E-state index >= 15 is 0 Å². The zero-order chi connectivity index (χ0) is 11.4. The summed E-state index contributed by atoms with van der Waals surface area (Å²) in [6.45, 7) is 5.66. The Balaban J connectivity index is 2.42. The zero-order valence-electron chi connectivity index (χ0n) is 9.73. The van der Waals surface area contributed by atoms with Crippen molar-refractivity contribution in [2.24, 2.45) is 0 Å². The minimum Gasteiger partial charge on any atom is -0.480 e. The van der Waals surface area contributed by atoms with Gasteiger partial charge in [-0.2, -0.15) is 0 Å². The van der Waals surface area contributed by atoms with E-state index in [0.29, 0.717) is 12.6 Å². The number of carboxylic acids is 1. The molecule has 88 valence electrons. The summed E-state index contributed by atoms with van der Waals surface area (Å²) in [5, 5.41) is 11.7. The van der Waals surface area contributed by atoms with Crippen LogP contribution in [0.1, 0.15) is 6.92 Å². The number of piperazine rings is 1. The number of carbonyl (C=O) groups is 1. The van der Waals surface area contributed by atoms with E-state index in [9.17, 15) is 4.79 Å². The van der Waals surface area contributed by atoms with Crippen LogP contribution in [0.5, 0.6) is 0 Å². The molecule has 2 unspecified atom stereocenters. The number of carboxylic acid groups (broad SMARTS) is 1. The van der Waals surface area contributed by atoms with Gasteiger partial charge in [-0.1, -0.05) is 0 Å². The standard InChI is InChI=1S/C10H21N3O2/c1-8-6-13(5-4-12(8)3)7-9(11-2)10(14)15/h8-9,11H,4-7H2,1-3H3,(H,14,15). The van der Waals surface area contributed by atoms with Crippen molar-refractivity contribution in [3.05, 3.63) is 0 Å². The summed E-state index contributed by atoms with van der Waals surface area (Å²) in [6.07, 6.45) is 0. The molecule has 0 radical (unpaired) electrons. The first-order valence-electron chi connectivity index (χ1n) is 5.37. The summed E-state index contributed by atoms with van der Waals surface area (Å²) in [5.41, 5.74) is 0. The molecule has 1 aliphatic rings. The van der Waals surface area contributed by atoms with E-state index in [4.69, 9.17) is 5.11 Å². The molecule has 0 bridgehead atoms. The molecule has 2 atom stereocenters. The molecule has 1 saturated heterocycles. The third-order valence-electron chi connectivity index (χ3n) is 3.13. The Morgan fingerprint density at radius 1 is 1.60 bits per heavy atom. The number of hydrogen-bond acceptors (Lipinski definition) is 4. The summed E-state index contributed by atoms with van der Waals surface area (Å²) in [5.74, 6) is -0.774. The van der Waals surface area contributed by atoms with Crippen molar-refractivity contribution < 1.29 is 9.90 Å². The molecule has 5 heteroatoms.